The monoisotopic (exact) mass is 411 g/mol. The van der Waals surface area contributed by atoms with Crippen molar-refractivity contribution in [2.45, 2.75) is 18.9 Å². The molecule has 0 aromatic carbocycles. The van der Waals surface area contributed by atoms with Gasteiger partial charge in [0.1, 0.15) is 17.5 Å². The van der Waals surface area contributed by atoms with Gasteiger partial charge in [-0.2, -0.15) is 5.10 Å². The molecule has 5 aromatic heterocycles. The number of nitrogens with one attached hydrogen (secondary N) is 3. The zero-order valence-corrected chi connectivity index (χ0v) is 16.8. The quantitative estimate of drug-likeness (QED) is 0.417. The molecule has 1 saturated heterocycles. The van der Waals surface area contributed by atoms with Crippen LogP contribution in [0.4, 0.5) is 0 Å². The number of aromatic amines is 2. The van der Waals surface area contributed by atoms with Crippen LogP contribution in [0.25, 0.3) is 44.5 Å². The van der Waals surface area contributed by atoms with E-state index in [4.69, 9.17) is 4.74 Å². The highest BCUT2D eigenvalue weighted by Gasteiger charge is 2.16. The molecule has 154 valence electrons. The third kappa shape index (κ3) is 3.40. The lowest BCUT2D eigenvalue weighted by Crippen LogP contribution is -2.34. The highest BCUT2D eigenvalue weighted by molar-refractivity contribution is 5.96. The molecule has 8 heteroatoms. The number of hydrogen-bond donors (Lipinski definition) is 3. The molecule has 1 aliphatic heterocycles. The molecule has 8 nitrogen and oxygen atoms in total. The number of ether oxygens (including phenoxy) is 1. The molecular weight excluding hydrogens is 390 g/mol. The van der Waals surface area contributed by atoms with E-state index in [1.807, 2.05) is 36.8 Å². The van der Waals surface area contributed by atoms with E-state index < -0.39 is 0 Å². The van der Waals surface area contributed by atoms with Crippen LogP contribution in [-0.4, -0.2) is 49.3 Å². The number of nitrogens with zero attached hydrogens (tertiary/aromatic N) is 4. The molecule has 0 spiro atoms. The van der Waals surface area contributed by atoms with Gasteiger partial charge in [0.2, 0.25) is 0 Å². The van der Waals surface area contributed by atoms with Gasteiger partial charge in [-0.25, -0.2) is 0 Å². The summed E-state index contributed by atoms with van der Waals surface area (Å²) in [7, 11) is 0. The summed E-state index contributed by atoms with van der Waals surface area (Å²) in [5, 5.41) is 13.0. The van der Waals surface area contributed by atoms with Crippen molar-refractivity contribution in [2.75, 3.05) is 13.1 Å². The molecule has 0 aliphatic carbocycles. The molecule has 0 radical (unpaired) electrons. The van der Waals surface area contributed by atoms with Gasteiger partial charge in [-0.3, -0.25) is 20.1 Å². The standard InChI is InChI=1S/C23H21N7O/c1-4-24-5-2-16(1)31-17-7-14(11-26-12-17)20-9-18-22(13-27-20)29-30-23(18)21-8-15-10-25-6-3-19(15)28-21/h3,6-13,16,24,28H,1-2,4-5H2,(H,29,30). The normalized spacial score (nSPS) is 15.0. The molecule has 0 unspecified atom stereocenters. The Morgan fingerprint density at radius 2 is 1.87 bits per heavy atom. The molecule has 6 rings (SSSR count). The highest BCUT2D eigenvalue weighted by Crippen LogP contribution is 2.31. The van der Waals surface area contributed by atoms with Crippen molar-refractivity contribution < 1.29 is 4.74 Å². The molecule has 5 aromatic rings. The first-order chi connectivity index (χ1) is 15.3. The van der Waals surface area contributed by atoms with E-state index in [-0.39, 0.29) is 6.10 Å². The molecule has 1 aliphatic rings. The van der Waals surface area contributed by atoms with E-state index in [9.17, 15) is 0 Å². The van der Waals surface area contributed by atoms with Gasteiger partial charge in [-0.05, 0) is 50.2 Å². The fourth-order valence-electron chi connectivity index (χ4n) is 4.11. The van der Waals surface area contributed by atoms with Crippen molar-refractivity contribution in [2.24, 2.45) is 0 Å². The summed E-state index contributed by atoms with van der Waals surface area (Å²) in [5.74, 6) is 0.779. The van der Waals surface area contributed by atoms with Gasteiger partial charge in [-0.1, -0.05) is 0 Å². The number of aromatic nitrogens is 6. The SMILES string of the molecule is c1cc2[nH]c(-c3n[nH]c4cnc(-c5cncc(OC6CCNCC6)c5)cc34)cc2cn1. The Labute approximate surface area is 178 Å². The number of H-pyrrole nitrogens is 2. The zero-order chi connectivity index (χ0) is 20.6. The third-order valence-corrected chi connectivity index (χ3v) is 5.72. The van der Waals surface area contributed by atoms with Gasteiger partial charge in [0.05, 0.1) is 29.3 Å². The average molecular weight is 411 g/mol. The van der Waals surface area contributed by atoms with Crippen LogP contribution in [-0.2, 0) is 0 Å². The van der Waals surface area contributed by atoms with Crippen molar-refractivity contribution in [1.29, 1.82) is 0 Å². The van der Waals surface area contributed by atoms with E-state index in [0.29, 0.717) is 0 Å². The fraction of sp³-hybridized carbons (Fsp3) is 0.217. The second kappa shape index (κ2) is 7.48. The van der Waals surface area contributed by atoms with Crippen molar-refractivity contribution in [3.63, 3.8) is 0 Å². The Morgan fingerprint density at radius 3 is 2.77 bits per heavy atom. The maximum atomic E-state index is 6.16. The van der Waals surface area contributed by atoms with Crippen LogP contribution in [0.5, 0.6) is 5.75 Å². The number of fused-ring (bicyclic) bond motifs is 2. The minimum absolute atomic E-state index is 0.228. The number of pyridine rings is 3. The molecule has 0 saturated carbocycles. The second-order valence-corrected chi connectivity index (χ2v) is 7.81. The van der Waals surface area contributed by atoms with E-state index in [1.54, 1.807) is 12.4 Å². The van der Waals surface area contributed by atoms with Crippen molar-refractivity contribution in [3.8, 4) is 28.4 Å². The van der Waals surface area contributed by atoms with Crippen LogP contribution >= 0.6 is 0 Å². The van der Waals surface area contributed by atoms with Crippen LogP contribution in [0.2, 0.25) is 0 Å². The van der Waals surface area contributed by atoms with Crippen LogP contribution < -0.4 is 10.1 Å². The number of piperidine rings is 1. The Morgan fingerprint density at radius 1 is 0.935 bits per heavy atom. The Balaban J connectivity index is 1.36. The lowest BCUT2D eigenvalue weighted by Gasteiger charge is -2.23. The largest absolute Gasteiger partial charge is 0.489 e. The summed E-state index contributed by atoms with van der Waals surface area (Å²) in [4.78, 5) is 16.6. The predicted molar refractivity (Wildman–Crippen MR) is 119 cm³/mol. The summed E-state index contributed by atoms with van der Waals surface area (Å²) in [6, 6.07) is 8.08. The van der Waals surface area contributed by atoms with E-state index in [0.717, 1.165) is 76.1 Å². The fourth-order valence-corrected chi connectivity index (χ4v) is 4.11. The maximum absolute atomic E-state index is 6.16. The van der Waals surface area contributed by atoms with Crippen LogP contribution in [0.15, 0.2) is 55.2 Å². The first-order valence-corrected chi connectivity index (χ1v) is 10.4. The van der Waals surface area contributed by atoms with E-state index in [2.05, 4.69) is 41.5 Å². The average Bonchev–Trinajstić information content (AvgIpc) is 3.43. The first-order valence-electron chi connectivity index (χ1n) is 10.4. The number of rotatable bonds is 4. The molecule has 0 atom stereocenters. The summed E-state index contributed by atoms with van der Waals surface area (Å²) in [5.41, 5.74) is 5.45. The van der Waals surface area contributed by atoms with Gasteiger partial charge in [0, 0.05) is 40.4 Å². The Bertz CT molecular complexity index is 1330. The molecule has 0 bridgehead atoms. The van der Waals surface area contributed by atoms with Crippen molar-refractivity contribution >= 4 is 21.8 Å². The van der Waals surface area contributed by atoms with Gasteiger partial charge in [0.15, 0.2) is 0 Å². The van der Waals surface area contributed by atoms with Gasteiger partial charge in [0.25, 0.3) is 0 Å². The Hall–Kier alpha value is -3.78. The predicted octanol–water partition coefficient (Wildman–Crippen LogP) is 3.69. The van der Waals surface area contributed by atoms with Crippen LogP contribution in [0.1, 0.15) is 12.8 Å². The maximum Gasteiger partial charge on any atom is 0.138 e. The smallest absolute Gasteiger partial charge is 0.138 e. The van der Waals surface area contributed by atoms with Gasteiger partial charge < -0.3 is 15.0 Å². The summed E-state index contributed by atoms with van der Waals surface area (Å²) < 4.78 is 6.16. The summed E-state index contributed by atoms with van der Waals surface area (Å²) in [6.07, 6.45) is 11.3. The summed E-state index contributed by atoms with van der Waals surface area (Å²) >= 11 is 0. The van der Waals surface area contributed by atoms with Gasteiger partial charge >= 0.3 is 0 Å². The highest BCUT2D eigenvalue weighted by atomic mass is 16.5. The lowest BCUT2D eigenvalue weighted by atomic mass is 10.1. The summed E-state index contributed by atoms with van der Waals surface area (Å²) in [6.45, 7) is 1.98. The molecule has 0 amide bonds. The van der Waals surface area contributed by atoms with Gasteiger partial charge in [-0.15, -0.1) is 0 Å². The van der Waals surface area contributed by atoms with Crippen molar-refractivity contribution in [1.82, 2.24) is 35.5 Å². The number of hydrogen-bond acceptors (Lipinski definition) is 6. The second-order valence-electron chi connectivity index (χ2n) is 7.81. The molecule has 3 N–H and O–H groups in total. The van der Waals surface area contributed by atoms with Crippen LogP contribution in [0, 0.1) is 0 Å². The van der Waals surface area contributed by atoms with E-state index in [1.165, 1.54) is 0 Å². The van der Waals surface area contributed by atoms with Crippen LogP contribution in [0.3, 0.4) is 0 Å². The van der Waals surface area contributed by atoms with Crippen molar-refractivity contribution in [3.05, 3.63) is 55.2 Å². The minimum atomic E-state index is 0.228. The minimum Gasteiger partial charge on any atom is -0.489 e. The molecular formula is C23H21N7O. The lowest BCUT2D eigenvalue weighted by molar-refractivity contribution is 0.162. The topological polar surface area (TPSA) is 104 Å². The molecule has 31 heavy (non-hydrogen) atoms. The third-order valence-electron chi connectivity index (χ3n) is 5.72. The van der Waals surface area contributed by atoms with E-state index >= 15 is 0 Å². The molecule has 1 fully saturated rings. The first kappa shape index (κ1) is 18.0. The zero-order valence-electron chi connectivity index (χ0n) is 16.8. The Kier molecular flexibility index (Phi) is 4.35. The molecule has 6 heterocycles.